The number of nitrogens with one attached hydrogen (secondary N) is 2. The highest BCUT2D eigenvalue weighted by atomic mass is 16.5. The van der Waals surface area contributed by atoms with E-state index in [1.807, 2.05) is 37.3 Å². The van der Waals surface area contributed by atoms with Crippen molar-refractivity contribution in [2.45, 2.75) is 44.7 Å². The predicted molar refractivity (Wildman–Crippen MR) is 104 cm³/mol. The fourth-order valence-corrected chi connectivity index (χ4v) is 3.98. The number of rotatable bonds is 5. The van der Waals surface area contributed by atoms with Gasteiger partial charge in [0, 0.05) is 25.8 Å². The number of benzene rings is 1. The first-order valence-corrected chi connectivity index (χ1v) is 10.1. The molecule has 2 aliphatic rings. The number of hydrogen-bond donors (Lipinski definition) is 2. The van der Waals surface area contributed by atoms with Crippen LogP contribution >= 0.6 is 0 Å². The summed E-state index contributed by atoms with van der Waals surface area (Å²) in [5.74, 6) is -0.653. The Hall–Kier alpha value is -1.92. The highest BCUT2D eigenvalue weighted by Crippen LogP contribution is 2.22. The van der Waals surface area contributed by atoms with Crippen molar-refractivity contribution in [1.82, 2.24) is 15.5 Å². The molecule has 1 aromatic carbocycles. The molecule has 0 bridgehead atoms. The van der Waals surface area contributed by atoms with Crippen molar-refractivity contribution in [3.63, 3.8) is 0 Å². The van der Waals surface area contributed by atoms with Gasteiger partial charge < -0.3 is 20.3 Å². The summed E-state index contributed by atoms with van der Waals surface area (Å²) < 4.78 is 5.44. The molecule has 6 nitrogen and oxygen atoms in total. The van der Waals surface area contributed by atoms with Gasteiger partial charge in [0.25, 0.3) is 0 Å². The summed E-state index contributed by atoms with van der Waals surface area (Å²) in [7, 11) is 0. The highest BCUT2D eigenvalue weighted by Gasteiger charge is 2.27. The summed E-state index contributed by atoms with van der Waals surface area (Å²) in [4.78, 5) is 26.8. The maximum Gasteiger partial charge on any atom is 0.309 e. The number of carbonyl (C=O) groups is 2. The van der Waals surface area contributed by atoms with E-state index in [1.54, 1.807) is 0 Å². The largest absolute Gasteiger partial charge is 0.381 e. The molecule has 0 radical (unpaired) electrons. The summed E-state index contributed by atoms with van der Waals surface area (Å²) in [6.45, 7) is 6.35. The second kappa shape index (κ2) is 9.85. The number of ether oxygens (including phenoxy) is 1. The lowest BCUT2D eigenvalue weighted by Gasteiger charge is -2.39. The molecule has 0 saturated carbocycles. The average Bonchev–Trinajstić information content (AvgIpc) is 2.73. The van der Waals surface area contributed by atoms with E-state index in [4.69, 9.17) is 4.74 Å². The van der Waals surface area contributed by atoms with E-state index in [-0.39, 0.29) is 6.04 Å². The molecule has 2 N–H and O–H groups in total. The zero-order chi connectivity index (χ0) is 19.1. The lowest BCUT2D eigenvalue weighted by Crippen LogP contribution is -2.47. The van der Waals surface area contributed by atoms with Crippen molar-refractivity contribution in [2.75, 3.05) is 32.8 Å². The fourth-order valence-electron chi connectivity index (χ4n) is 3.98. The fraction of sp³-hybridized carbons (Fsp3) is 0.619. The maximum absolute atomic E-state index is 12.1. The highest BCUT2D eigenvalue weighted by molar-refractivity contribution is 6.35. The minimum Gasteiger partial charge on any atom is -0.381 e. The van der Waals surface area contributed by atoms with Gasteiger partial charge in [-0.05, 0) is 57.2 Å². The Balaban J connectivity index is 1.36. The molecule has 2 amide bonds. The second-order valence-corrected chi connectivity index (χ2v) is 7.64. The van der Waals surface area contributed by atoms with Crippen molar-refractivity contribution in [2.24, 2.45) is 5.92 Å². The number of piperidine rings is 1. The van der Waals surface area contributed by atoms with E-state index >= 15 is 0 Å². The van der Waals surface area contributed by atoms with E-state index in [9.17, 15) is 9.59 Å². The van der Waals surface area contributed by atoms with Gasteiger partial charge in [0.05, 0.1) is 6.04 Å². The topological polar surface area (TPSA) is 70.7 Å². The van der Waals surface area contributed by atoms with E-state index < -0.39 is 11.8 Å². The second-order valence-electron chi connectivity index (χ2n) is 7.64. The molecular formula is C21H31N3O3. The van der Waals surface area contributed by atoms with Gasteiger partial charge in [-0.15, -0.1) is 0 Å². The van der Waals surface area contributed by atoms with Gasteiger partial charge in [0.15, 0.2) is 0 Å². The van der Waals surface area contributed by atoms with E-state index in [2.05, 4.69) is 15.5 Å². The first-order chi connectivity index (χ1) is 13.1. The lowest BCUT2D eigenvalue weighted by molar-refractivity contribution is -0.139. The molecule has 0 aromatic heterocycles. The molecule has 0 spiro atoms. The smallest absolute Gasteiger partial charge is 0.309 e. The van der Waals surface area contributed by atoms with Gasteiger partial charge in [0.1, 0.15) is 0 Å². The Kier molecular flexibility index (Phi) is 7.24. The number of hydrogen-bond acceptors (Lipinski definition) is 4. The Labute approximate surface area is 161 Å². The number of likely N-dealkylation sites (tertiary alicyclic amines) is 1. The van der Waals surface area contributed by atoms with Crippen LogP contribution in [0.3, 0.4) is 0 Å². The van der Waals surface area contributed by atoms with Gasteiger partial charge in [-0.1, -0.05) is 30.3 Å². The molecule has 0 aliphatic carbocycles. The zero-order valence-corrected chi connectivity index (χ0v) is 16.2. The molecular weight excluding hydrogens is 342 g/mol. The van der Waals surface area contributed by atoms with Crippen molar-refractivity contribution < 1.29 is 14.3 Å². The quantitative estimate of drug-likeness (QED) is 0.773. The van der Waals surface area contributed by atoms with Gasteiger partial charge >= 0.3 is 11.8 Å². The van der Waals surface area contributed by atoms with Crippen LogP contribution in [0.2, 0.25) is 0 Å². The van der Waals surface area contributed by atoms with E-state index in [0.717, 1.165) is 57.6 Å². The molecule has 2 saturated heterocycles. The normalized spacial score (nSPS) is 20.8. The lowest BCUT2D eigenvalue weighted by atomic mass is 9.94. The number of amides is 2. The van der Waals surface area contributed by atoms with E-state index in [1.165, 1.54) is 0 Å². The molecule has 6 heteroatoms. The van der Waals surface area contributed by atoms with Crippen LogP contribution in [0.4, 0.5) is 0 Å². The molecule has 1 aromatic rings. The van der Waals surface area contributed by atoms with Crippen LogP contribution in [0, 0.1) is 5.92 Å². The predicted octanol–water partition coefficient (Wildman–Crippen LogP) is 1.87. The molecule has 148 valence electrons. The summed E-state index contributed by atoms with van der Waals surface area (Å²) in [5, 5.41) is 5.58. The third kappa shape index (κ3) is 5.78. The Bertz CT molecular complexity index is 608. The van der Waals surface area contributed by atoms with Crippen molar-refractivity contribution >= 4 is 11.8 Å². The van der Waals surface area contributed by atoms with Crippen LogP contribution in [0.25, 0.3) is 0 Å². The summed E-state index contributed by atoms with van der Waals surface area (Å²) in [5.41, 5.74) is 0.985. The van der Waals surface area contributed by atoms with Crippen molar-refractivity contribution in [3.05, 3.63) is 35.9 Å². The Morgan fingerprint density at radius 2 is 1.74 bits per heavy atom. The van der Waals surface area contributed by atoms with E-state index in [0.29, 0.717) is 18.5 Å². The Morgan fingerprint density at radius 1 is 1.07 bits per heavy atom. The van der Waals surface area contributed by atoms with Crippen LogP contribution in [0.5, 0.6) is 0 Å². The summed E-state index contributed by atoms with van der Waals surface area (Å²) in [6.07, 6.45) is 4.39. The third-order valence-electron chi connectivity index (χ3n) is 5.76. The molecule has 3 rings (SSSR count). The van der Waals surface area contributed by atoms with Crippen LogP contribution in [-0.2, 0) is 14.3 Å². The number of nitrogens with zero attached hydrogens (tertiary/aromatic N) is 1. The molecule has 1 atom stereocenters. The zero-order valence-electron chi connectivity index (χ0n) is 16.2. The first kappa shape index (κ1) is 19.8. The minimum absolute atomic E-state index is 0.188. The average molecular weight is 373 g/mol. The Morgan fingerprint density at radius 3 is 2.41 bits per heavy atom. The molecule has 2 aliphatic heterocycles. The van der Waals surface area contributed by atoms with Crippen LogP contribution in [0.1, 0.15) is 44.2 Å². The number of carbonyl (C=O) groups excluding carboxylic acids is 2. The van der Waals surface area contributed by atoms with Gasteiger partial charge in [-0.3, -0.25) is 9.59 Å². The standard InChI is InChI=1S/C21H31N3O3/c1-16(18-5-3-2-4-6-18)23-21(26)20(25)22-15-17-7-11-24(12-8-17)19-9-13-27-14-10-19/h2-6,16-17,19H,7-15H2,1H3,(H,22,25)(H,23,26). The van der Waals surface area contributed by atoms with Crippen LogP contribution < -0.4 is 10.6 Å². The SMILES string of the molecule is CC(NC(=O)C(=O)NCC1CCN(C2CCOCC2)CC1)c1ccccc1. The van der Waals surface area contributed by atoms with Crippen LogP contribution in [0.15, 0.2) is 30.3 Å². The first-order valence-electron chi connectivity index (χ1n) is 10.1. The molecule has 2 fully saturated rings. The van der Waals surface area contributed by atoms with Crippen molar-refractivity contribution in [3.8, 4) is 0 Å². The minimum atomic E-state index is -0.564. The van der Waals surface area contributed by atoms with Gasteiger partial charge in [-0.2, -0.15) is 0 Å². The molecule has 2 heterocycles. The molecule has 1 unspecified atom stereocenters. The molecule has 27 heavy (non-hydrogen) atoms. The van der Waals surface area contributed by atoms with Gasteiger partial charge in [-0.25, -0.2) is 0 Å². The third-order valence-corrected chi connectivity index (χ3v) is 5.76. The summed E-state index contributed by atoms with van der Waals surface area (Å²) >= 11 is 0. The maximum atomic E-state index is 12.1. The van der Waals surface area contributed by atoms with Crippen molar-refractivity contribution in [1.29, 1.82) is 0 Å². The van der Waals surface area contributed by atoms with Gasteiger partial charge in [0.2, 0.25) is 0 Å². The summed E-state index contributed by atoms with van der Waals surface area (Å²) in [6, 6.07) is 10.1. The monoisotopic (exact) mass is 373 g/mol. The van der Waals surface area contributed by atoms with Crippen LogP contribution in [-0.4, -0.2) is 55.6 Å².